The summed E-state index contributed by atoms with van der Waals surface area (Å²) in [4.78, 5) is 0. The lowest BCUT2D eigenvalue weighted by molar-refractivity contribution is -0.0546. The van der Waals surface area contributed by atoms with Crippen molar-refractivity contribution in [2.75, 3.05) is 0 Å². The standard InChI is InChI=1S/C12H20O.C3H8/c1-10-4-8-11(2)6-3-7-12(11,13)9-5-10;1-3-2/h4,13H,3,5-9H2,1-2H3;3H2,1-2H3/t11-,12-;/m1./s1. The van der Waals surface area contributed by atoms with Gasteiger partial charge in [0.1, 0.15) is 0 Å². The van der Waals surface area contributed by atoms with Gasteiger partial charge in [0.25, 0.3) is 0 Å². The third-order valence-electron chi connectivity index (χ3n) is 4.28. The quantitative estimate of drug-likeness (QED) is 0.603. The van der Waals surface area contributed by atoms with Crippen molar-refractivity contribution in [1.82, 2.24) is 0 Å². The van der Waals surface area contributed by atoms with Crippen LogP contribution in [0.5, 0.6) is 0 Å². The van der Waals surface area contributed by atoms with Crippen LogP contribution in [0.4, 0.5) is 0 Å². The van der Waals surface area contributed by atoms with Crippen LogP contribution in [-0.2, 0) is 0 Å². The fraction of sp³-hybridized carbons (Fsp3) is 0.867. The van der Waals surface area contributed by atoms with E-state index in [-0.39, 0.29) is 11.0 Å². The molecule has 0 saturated heterocycles. The van der Waals surface area contributed by atoms with Gasteiger partial charge in [0.05, 0.1) is 5.60 Å². The maximum absolute atomic E-state index is 10.5. The van der Waals surface area contributed by atoms with E-state index in [2.05, 4.69) is 33.8 Å². The Morgan fingerprint density at radius 3 is 2.50 bits per heavy atom. The van der Waals surface area contributed by atoms with Gasteiger partial charge in [0, 0.05) is 0 Å². The second-order valence-electron chi connectivity index (χ2n) is 5.91. The largest absolute Gasteiger partial charge is 0.389 e. The fourth-order valence-corrected chi connectivity index (χ4v) is 2.93. The molecule has 2 aliphatic carbocycles. The number of rotatable bonds is 0. The van der Waals surface area contributed by atoms with Gasteiger partial charge in [-0.1, -0.05) is 38.8 Å². The molecule has 0 amide bonds. The Hall–Kier alpha value is -0.300. The molecule has 16 heavy (non-hydrogen) atoms. The van der Waals surface area contributed by atoms with E-state index in [4.69, 9.17) is 0 Å². The van der Waals surface area contributed by atoms with Crippen LogP contribution < -0.4 is 0 Å². The SMILES string of the molecule is CC1=CC[C@@]2(C)CCC[C@@]2(O)CC1.CCC. The van der Waals surface area contributed by atoms with E-state index < -0.39 is 0 Å². The average Bonchev–Trinajstić information content (AvgIpc) is 2.47. The zero-order valence-electron chi connectivity index (χ0n) is 11.5. The molecular formula is C15H28O. The molecule has 2 atom stereocenters. The van der Waals surface area contributed by atoms with Crippen LogP contribution in [0, 0.1) is 5.41 Å². The summed E-state index contributed by atoms with van der Waals surface area (Å²) in [7, 11) is 0. The van der Waals surface area contributed by atoms with Gasteiger partial charge in [0.2, 0.25) is 0 Å². The number of aliphatic hydroxyl groups is 1. The van der Waals surface area contributed by atoms with E-state index in [0.29, 0.717) is 0 Å². The normalized spacial score (nSPS) is 37.9. The van der Waals surface area contributed by atoms with Gasteiger partial charge in [-0.15, -0.1) is 0 Å². The van der Waals surface area contributed by atoms with Crippen LogP contribution in [-0.4, -0.2) is 10.7 Å². The Balaban J connectivity index is 0.000000386. The number of fused-ring (bicyclic) bond motifs is 1. The molecule has 1 nitrogen and oxygen atoms in total. The third-order valence-corrected chi connectivity index (χ3v) is 4.28. The van der Waals surface area contributed by atoms with E-state index in [1.165, 1.54) is 24.8 Å². The Morgan fingerprint density at radius 2 is 1.88 bits per heavy atom. The van der Waals surface area contributed by atoms with Crippen molar-refractivity contribution in [3.8, 4) is 0 Å². The van der Waals surface area contributed by atoms with Gasteiger partial charge in [-0.3, -0.25) is 0 Å². The first-order chi connectivity index (χ1) is 7.47. The van der Waals surface area contributed by atoms with E-state index >= 15 is 0 Å². The van der Waals surface area contributed by atoms with E-state index in [1.54, 1.807) is 0 Å². The van der Waals surface area contributed by atoms with Crippen LogP contribution in [0.25, 0.3) is 0 Å². The highest BCUT2D eigenvalue weighted by atomic mass is 16.3. The highest BCUT2D eigenvalue weighted by molar-refractivity contribution is 5.13. The minimum absolute atomic E-state index is 0.171. The molecular weight excluding hydrogens is 196 g/mol. The second kappa shape index (κ2) is 5.35. The van der Waals surface area contributed by atoms with Crippen molar-refractivity contribution < 1.29 is 5.11 Å². The lowest BCUT2D eigenvalue weighted by Gasteiger charge is -2.38. The second-order valence-corrected chi connectivity index (χ2v) is 5.91. The van der Waals surface area contributed by atoms with E-state index in [9.17, 15) is 5.11 Å². The molecule has 0 heterocycles. The molecule has 1 N–H and O–H groups in total. The molecule has 0 bridgehead atoms. The van der Waals surface area contributed by atoms with Gasteiger partial charge in [-0.05, 0) is 50.9 Å². The molecule has 0 radical (unpaired) electrons. The molecule has 1 heteroatoms. The van der Waals surface area contributed by atoms with Crippen LogP contribution in [0.15, 0.2) is 11.6 Å². The molecule has 0 aromatic rings. The van der Waals surface area contributed by atoms with Crippen LogP contribution in [0.3, 0.4) is 0 Å². The van der Waals surface area contributed by atoms with Crippen molar-refractivity contribution in [2.24, 2.45) is 5.41 Å². The lowest BCUT2D eigenvalue weighted by Crippen LogP contribution is -2.40. The van der Waals surface area contributed by atoms with Crippen molar-refractivity contribution in [3.63, 3.8) is 0 Å². The highest BCUT2D eigenvalue weighted by Crippen LogP contribution is 2.52. The molecule has 2 rings (SSSR count). The van der Waals surface area contributed by atoms with Crippen LogP contribution in [0.2, 0.25) is 0 Å². The topological polar surface area (TPSA) is 20.2 Å². The summed E-state index contributed by atoms with van der Waals surface area (Å²) in [5.74, 6) is 0. The van der Waals surface area contributed by atoms with Gasteiger partial charge in [-0.2, -0.15) is 0 Å². The summed E-state index contributed by atoms with van der Waals surface area (Å²) >= 11 is 0. The minimum atomic E-state index is -0.360. The number of allylic oxidation sites excluding steroid dienone is 2. The summed E-state index contributed by atoms with van der Waals surface area (Å²) in [6, 6.07) is 0. The van der Waals surface area contributed by atoms with Crippen molar-refractivity contribution >= 4 is 0 Å². The Morgan fingerprint density at radius 1 is 1.25 bits per heavy atom. The Labute approximate surface area is 101 Å². The first-order valence-corrected chi connectivity index (χ1v) is 6.85. The van der Waals surface area contributed by atoms with E-state index in [0.717, 1.165) is 25.7 Å². The molecule has 0 aromatic carbocycles. The summed E-state index contributed by atoms with van der Waals surface area (Å²) in [5, 5.41) is 10.5. The average molecular weight is 224 g/mol. The van der Waals surface area contributed by atoms with Crippen molar-refractivity contribution in [1.29, 1.82) is 0 Å². The van der Waals surface area contributed by atoms with Gasteiger partial charge in [0.15, 0.2) is 0 Å². The predicted octanol–water partition coefficient (Wildman–Crippen LogP) is 4.45. The summed E-state index contributed by atoms with van der Waals surface area (Å²) in [6.45, 7) is 8.70. The number of hydrogen-bond acceptors (Lipinski definition) is 1. The van der Waals surface area contributed by atoms with Gasteiger partial charge < -0.3 is 5.11 Å². The zero-order valence-corrected chi connectivity index (χ0v) is 11.5. The Bertz CT molecular complexity index is 256. The molecule has 1 fully saturated rings. The fourth-order valence-electron chi connectivity index (χ4n) is 2.93. The van der Waals surface area contributed by atoms with Crippen LogP contribution >= 0.6 is 0 Å². The molecule has 0 aliphatic heterocycles. The van der Waals surface area contributed by atoms with Crippen molar-refractivity contribution in [2.45, 2.75) is 78.2 Å². The van der Waals surface area contributed by atoms with Crippen molar-refractivity contribution in [3.05, 3.63) is 11.6 Å². The third kappa shape index (κ3) is 2.68. The number of hydrogen-bond donors (Lipinski definition) is 1. The molecule has 0 aromatic heterocycles. The Kier molecular flexibility index (Phi) is 4.61. The first kappa shape index (κ1) is 13.8. The summed E-state index contributed by atoms with van der Waals surface area (Å²) in [5.41, 5.74) is 1.27. The smallest absolute Gasteiger partial charge is 0.0707 e. The molecule has 2 aliphatic rings. The minimum Gasteiger partial charge on any atom is -0.389 e. The monoisotopic (exact) mass is 224 g/mol. The molecule has 0 unspecified atom stereocenters. The maximum atomic E-state index is 10.5. The zero-order chi connectivity index (χ0) is 12.2. The predicted molar refractivity (Wildman–Crippen MR) is 70.5 cm³/mol. The van der Waals surface area contributed by atoms with Gasteiger partial charge >= 0.3 is 0 Å². The van der Waals surface area contributed by atoms with E-state index in [1.807, 2.05) is 0 Å². The summed E-state index contributed by atoms with van der Waals surface area (Å²) in [6.07, 6.45) is 10.2. The highest BCUT2D eigenvalue weighted by Gasteiger charge is 2.49. The van der Waals surface area contributed by atoms with Crippen LogP contribution in [0.1, 0.15) is 72.6 Å². The lowest BCUT2D eigenvalue weighted by atomic mass is 9.72. The maximum Gasteiger partial charge on any atom is 0.0707 e. The molecule has 0 spiro atoms. The summed E-state index contributed by atoms with van der Waals surface area (Å²) < 4.78 is 0. The molecule has 1 saturated carbocycles. The first-order valence-electron chi connectivity index (χ1n) is 6.85. The van der Waals surface area contributed by atoms with Gasteiger partial charge in [-0.25, -0.2) is 0 Å². The molecule has 94 valence electrons.